The largest absolute Gasteiger partial charge is 0.335 e. The van der Waals surface area contributed by atoms with Crippen molar-refractivity contribution < 1.29 is 4.79 Å². The van der Waals surface area contributed by atoms with Crippen LogP contribution in [0.5, 0.6) is 0 Å². The smallest absolute Gasteiger partial charge is 0.275 e. The van der Waals surface area contributed by atoms with Gasteiger partial charge in [0.05, 0.1) is 5.52 Å². The van der Waals surface area contributed by atoms with Crippen molar-refractivity contribution in [2.24, 2.45) is 0 Å². The van der Waals surface area contributed by atoms with Crippen LogP contribution in [0.1, 0.15) is 10.5 Å². The van der Waals surface area contributed by atoms with E-state index in [0.717, 1.165) is 37.1 Å². The van der Waals surface area contributed by atoms with Gasteiger partial charge in [-0.1, -0.05) is 11.6 Å². The van der Waals surface area contributed by atoms with Crippen LogP contribution in [-0.2, 0) is 0 Å². The number of rotatable bonds is 1. The van der Waals surface area contributed by atoms with Gasteiger partial charge in [0.25, 0.3) is 5.91 Å². The van der Waals surface area contributed by atoms with Gasteiger partial charge in [-0.3, -0.25) is 9.89 Å². The van der Waals surface area contributed by atoms with E-state index in [1.54, 1.807) is 12.1 Å². The first-order valence-corrected chi connectivity index (χ1v) is 6.64. The maximum Gasteiger partial charge on any atom is 0.275 e. The molecule has 2 heterocycles. The van der Waals surface area contributed by atoms with Crippen molar-refractivity contribution in [2.45, 2.75) is 0 Å². The highest BCUT2D eigenvalue weighted by molar-refractivity contribution is 6.31. The molecule has 1 amide bonds. The predicted octanol–water partition coefficient (Wildman–Crippen LogP) is 1.60. The molecule has 1 aromatic heterocycles. The molecule has 1 aromatic carbocycles. The average molecular weight is 279 g/mol. The molecule has 0 aliphatic carbocycles. The second-order valence-electron chi connectivity index (χ2n) is 4.86. The van der Waals surface area contributed by atoms with E-state index in [2.05, 4.69) is 22.1 Å². The fraction of sp³-hybridized carbons (Fsp3) is 0.385. The number of piperazine rings is 1. The number of fused-ring (bicyclic) bond motifs is 1. The minimum atomic E-state index is -0.0263. The number of hydrogen-bond donors (Lipinski definition) is 1. The molecule has 1 fully saturated rings. The Morgan fingerprint density at radius 3 is 2.79 bits per heavy atom. The van der Waals surface area contributed by atoms with Gasteiger partial charge >= 0.3 is 0 Å². The highest BCUT2D eigenvalue weighted by Crippen LogP contribution is 2.22. The molecule has 1 aliphatic rings. The summed E-state index contributed by atoms with van der Waals surface area (Å²) in [5.41, 5.74) is 1.30. The highest BCUT2D eigenvalue weighted by atomic mass is 35.5. The zero-order chi connectivity index (χ0) is 13.4. The van der Waals surface area contributed by atoms with E-state index in [4.69, 9.17) is 11.6 Å². The number of likely N-dealkylation sites (N-methyl/N-ethyl adjacent to an activating group) is 1. The number of halogens is 1. The van der Waals surface area contributed by atoms with Gasteiger partial charge in [-0.15, -0.1) is 0 Å². The molecule has 6 heteroatoms. The highest BCUT2D eigenvalue weighted by Gasteiger charge is 2.23. The molecule has 0 radical (unpaired) electrons. The first kappa shape index (κ1) is 12.4. The number of benzene rings is 1. The number of aromatic nitrogens is 2. The molecule has 0 unspecified atom stereocenters. The van der Waals surface area contributed by atoms with Gasteiger partial charge in [-0.25, -0.2) is 0 Å². The average Bonchev–Trinajstić information content (AvgIpc) is 2.81. The zero-order valence-corrected chi connectivity index (χ0v) is 11.4. The lowest BCUT2D eigenvalue weighted by molar-refractivity contribution is 0.0660. The molecule has 0 spiro atoms. The van der Waals surface area contributed by atoms with Gasteiger partial charge in [-0.2, -0.15) is 5.10 Å². The predicted molar refractivity (Wildman–Crippen MR) is 74.5 cm³/mol. The number of carbonyl (C=O) groups excluding carboxylic acids is 1. The van der Waals surface area contributed by atoms with Crippen molar-refractivity contribution in [1.29, 1.82) is 0 Å². The summed E-state index contributed by atoms with van der Waals surface area (Å²) >= 11 is 5.98. The molecule has 2 aromatic rings. The van der Waals surface area contributed by atoms with Crippen LogP contribution in [0.4, 0.5) is 0 Å². The number of amides is 1. The van der Waals surface area contributed by atoms with Crippen LogP contribution in [0.2, 0.25) is 5.02 Å². The molecule has 1 saturated heterocycles. The van der Waals surface area contributed by atoms with E-state index < -0.39 is 0 Å². The van der Waals surface area contributed by atoms with E-state index in [1.165, 1.54) is 0 Å². The van der Waals surface area contributed by atoms with Crippen LogP contribution in [0.15, 0.2) is 18.2 Å². The SMILES string of the molecule is CN1CCN(C(=O)c2n[nH]c3ccc(Cl)cc23)CC1. The fourth-order valence-electron chi connectivity index (χ4n) is 2.31. The van der Waals surface area contributed by atoms with Crippen LogP contribution >= 0.6 is 11.6 Å². The second kappa shape index (κ2) is 4.83. The fourth-order valence-corrected chi connectivity index (χ4v) is 2.48. The van der Waals surface area contributed by atoms with E-state index in [1.807, 2.05) is 11.0 Å². The topological polar surface area (TPSA) is 52.2 Å². The monoisotopic (exact) mass is 278 g/mol. The number of carbonyl (C=O) groups is 1. The molecule has 0 atom stereocenters. The van der Waals surface area contributed by atoms with Crippen LogP contribution in [0.3, 0.4) is 0 Å². The summed E-state index contributed by atoms with van der Waals surface area (Å²) in [6, 6.07) is 5.40. The summed E-state index contributed by atoms with van der Waals surface area (Å²) < 4.78 is 0. The lowest BCUT2D eigenvalue weighted by Crippen LogP contribution is -2.47. The van der Waals surface area contributed by atoms with Crippen molar-refractivity contribution in [1.82, 2.24) is 20.0 Å². The summed E-state index contributed by atoms with van der Waals surface area (Å²) in [5, 5.41) is 8.42. The molecule has 5 nitrogen and oxygen atoms in total. The molecule has 19 heavy (non-hydrogen) atoms. The first-order valence-electron chi connectivity index (χ1n) is 6.26. The Balaban J connectivity index is 1.91. The minimum Gasteiger partial charge on any atom is -0.335 e. The minimum absolute atomic E-state index is 0.0263. The molecule has 100 valence electrons. The molecule has 3 rings (SSSR count). The third-order valence-electron chi connectivity index (χ3n) is 3.52. The lowest BCUT2D eigenvalue weighted by Gasteiger charge is -2.31. The summed E-state index contributed by atoms with van der Waals surface area (Å²) in [5.74, 6) is -0.0263. The Morgan fingerprint density at radius 1 is 1.32 bits per heavy atom. The van der Waals surface area contributed by atoms with E-state index in [-0.39, 0.29) is 5.91 Å². The van der Waals surface area contributed by atoms with Crippen molar-refractivity contribution in [3.05, 3.63) is 28.9 Å². The quantitative estimate of drug-likeness (QED) is 0.862. The normalized spacial score (nSPS) is 17.1. The molecule has 1 aliphatic heterocycles. The molecular formula is C13H15ClN4O. The number of aromatic amines is 1. The van der Waals surface area contributed by atoms with E-state index >= 15 is 0 Å². The molecular weight excluding hydrogens is 264 g/mol. The van der Waals surface area contributed by atoms with Gasteiger partial charge in [0.1, 0.15) is 0 Å². The first-order chi connectivity index (χ1) is 9.15. The number of H-pyrrole nitrogens is 1. The second-order valence-corrected chi connectivity index (χ2v) is 5.29. The summed E-state index contributed by atoms with van der Waals surface area (Å²) in [4.78, 5) is 16.5. The Bertz CT molecular complexity index is 616. The van der Waals surface area contributed by atoms with Gasteiger partial charge in [-0.05, 0) is 25.2 Å². The lowest BCUT2D eigenvalue weighted by atomic mass is 10.2. The van der Waals surface area contributed by atoms with E-state index in [0.29, 0.717) is 10.7 Å². The summed E-state index contributed by atoms with van der Waals surface area (Å²) in [6.45, 7) is 3.28. The van der Waals surface area contributed by atoms with Crippen molar-refractivity contribution in [3.63, 3.8) is 0 Å². The Kier molecular flexibility index (Phi) is 3.16. The molecule has 0 saturated carbocycles. The van der Waals surface area contributed by atoms with E-state index in [9.17, 15) is 4.79 Å². The molecule has 0 bridgehead atoms. The third kappa shape index (κ3) is 2.31. The maximum absolute atomic E-state index is 12.5. The standard InChI is InChI=1S/C13H15ClN4O/c1-17-4-6-18(7-5-17)13(19)12-10-8-9(14)2-3-11(10)15-16-12/h2-3,8H,4-7H2,1H3,(H,15,16). The van der Waals surface area contributed by atoms with Crippen molar-refractivity contribution in [2.75, 3.05) is 33.2 Å². The summed E-state index contributed by atoms with van der Waals surface area (Å²) in [7, 11) is 2.06. The number of hydrogen-bond acceptors (Lipinski definition) is 3. The molecule has 1 N–H and O–H groups in total. The van der Waals surface area contributed by atoms with Crippen molar-refractivity contribution >= 4 is 28.4 Å². The Morgan fingerprint density at radius 2 is 2.05 bits per heavy atom. The van der Waals surface area contributed by atoms with Gasteiger partial charge in [0.2, 0.25) is 0 Å². The number of nitrogens with one attached hydrogen (secondary N) is 1. The van der Waals surface area contributed by atoms with Crippen molar-refractivity contribution in [3.8, 4) is 0 Å². The summed E-state index contributed by atoms with van der Waals surface area (Å²) in [6.07, 6.45) is 0. The van der Waals surface area contributed by atoms with Gasteiger partial charge < -0.3 is 9.80 Å². The Labute approximate surface area is 116 Å². The zero-order valence-electron chi connectivity index (χ0n) is 10.7. The van der Waals surface area contributed by atoms with Crippen LogP contribution in [0.25, 0.3) is 10.9 Å². The van der Waals surface area contributed by atoms with Crippen LogP contribution < -0.4 is 0 Å². The maximum atomic E-state index is 12.5. The number of nitrogens with zero attached hydrogens (tertiary/aromatic N) is 3. The van der Waals surface area contributed by atoms with Gasteiger partial charge in [0.15, 0.2) is 5.69 Å². The Hall–Kier alpha value is -1.59. The van der Waals surface area contributed by atoms with Gasteiger partial charge in [0, 0.05) is 36.6 Å². The third-order valence-corrected chi connectivity index (χ3v) is 3.75. The van der Waals surface area contributed by atoms with Crippen LogP contribution in [0, 0.1) is 0 Å². The van der Waals surface area contributed by atoms with Crippen LogP contribution in [-0.4, -0.2) is 59.1 Å².